The Morgan fingerprint density at radius 1 is 0.957 bits per heavy atom. The molecule has 0 aliphatic carbocycles. The van der Waals surface area contributed by atoms with E-state index in [4.69, 9.17) is 4.74 Å². The van der Waals surface area contributed by atoms with Gasteiger partial charge in [-0.05, 0) is 55.7 Å². The van der Waals surface area contributed by atoms with Crippen molar-refractivity contribution in [1.29, 1.82) is 0 Å². The van der Waals surface area contributed by atoms with Crippen LogP contribution in [0.15, 0.2) is 36.4 Å². The standard InChI is InChI=1S/C19H19NO3/c1-12-7-8-15(11-14(12)3)23-10-9-20-17-13(2)5-4-6-16(17)18(21)19(20)22/h4-8,11H,9-10H2,1-3H3. The van der Waals surface area contributed by atoms with Crippen LogP contribution in [0.3, 0.4) is 0 Å². The van der Waals surface area contributed by atoms with Crippen LogP contribution >= 0.6 is 0 Å². The van der Waals surface area contributed by atoms with E-state index in [2.05, 4.69) is 0 Å². The topological polar surface area (TPSA) is 46.6 Å². The van der Waals surface area contributed by atoms with Crippen molar-refractivity contribution in [2.45, 2.75) is 20.8 Å². The molecule has 0 unspecified atom stereocenters. The third-order valence-corrected chi connectivity index (χ3v) is 4.25. The van der Waals surface area contributed by atoms with Gasteiger partial charge < -0.3 is 9.64 Å². The van der Waals surface area contributed by atoms with Gasteiger partial charge in [0.2, 0.25) is 0 Å². The molecule has 0 saturated heterocycles. The van der Waals surface area contributed by atoms with E-state index in [1.807, 2.05) is 45.0 Å². The second-order valence-corrected chi connectivity index (χ2v) is 5.85. The van der Waals surface area contributed by atoms with E-state index in [1.54, 1.807) is 12.1 Å². The average Bonchev–Trinajstić information content (AvgIpc) is 2.77. The van der Waals surface area contributed by atoms with Gasteiger partial charge in [0.05, 0.1) is 17.8 Å². The minimum absolute atomic E-state index is 0.343. The molecule has 3 rings (SSSR count). The Morgan fingerprint density at radius 2 is 1.74 bits per heavy atom. The Hall–Kier alpha value is -2.62. The first kappa shape index (κ1) is 15.3. The van der Waals surface area contributed by atoms with Crippen molar-refractivity contribution < 1.29 is 14.3 Å². The fourth-order valence-corrected chi connectivity index (χ4v) is 2.81. The molecular weight excluding hydrogens is 290 g/mol. The number of ketones is 1. The highest BCUT2D eigenvalue weighted by Gasteiger charge is 2.36. The number of Topliss-reactive ketones (excluding diaryl/α,β-unsaturated/α-hetero) is 1. The zero-order valence-electron chi connectivity index (χ0n) is 13.6. The number of hydrogen-bond donors (Lipinski definition) is 0. The number of amides is 1. The smallest absolute Gasteiger partial charge is 0.299 e. The van der Waals surface area contributed by atoms with E-state index < -0.39 is 11.7 Å². The van der Waals surface area contributed by atoms with Crippen LogP contribution in [-0.2, 0) is 4.79 Å². The minimum Gasteiger partial charge on any atom is -0.492 e. The number of ether oxygens (including phenoxy) is 1. The molecule has 0 aromatic heterocycles. The van der Waals surface area contributed by atoms with E-state index in [0.717, 1.165) is 16.9 Å². The molecule has 4 nitrogen and oxygen atoms in total. The number of anilines is 1. The van der Waals surface area contributed by atoms with Gasteiger partial charge in [-0.3, -0.25) is 9.59 Å². The number of carbonyl (C=O) groups excluding carboxylic acids is 2. The lowest BCUT2D eigenvalue weighted by Crippen LogP contribution is -2.33. The molecule has 1 aliphatic rings. The van der Waals surface area contributed by atoms with E-state index in [9.17, 15) is 9.59 Å². The summed E-state index contributed by atoms with van der Waals surface area (Å²) in [5, 5.41) is 0. The SMILES string of the molecule is Cc1ccc(OCCN2C(=O)C(=O)c3cccc(C)c32)cc1C. The zero-order chi connectivity index (χ0) is 16.6. The van der Waals surface area contributed by atoms with Crippen LogP contribution in [0.25, 0.3) is 0 Å². The van der Waals surface area contributed by atoms with Crippen LogP contribution < -0.4 is 9.64 Å². The number of rotatable bonds is 4. The second kappa shape index (κ2) is 5.88. The summed E-state index contributed by atoms with van der Waals surface area (Å²) >= 11 is 0. The second-order valence-electron chi connectivity index (χ2n) is 5.85. The van der Waals surface area contributed by atoms with Crippen LogP contribution in [-0.4, -0.2) is 24.8 Å². The average molecular weight is 309 g/mol. The van der Waals surface area contributed by atoms with Crippen molar-refractivity contribution in [3.05, 3.63) is 58.7 Å². The zero-order valence-corrected chi connectivity index (χ0v) is 13.6. The Kier molecular flexibility index (Phi) is 3.90. The van der Waals surface area contributed by atoms with Crippen molar-refractivity contribution >= 4 is 17.4 Å². The summed E-state index contributed by atoms with van der Waals surface area (Å²) in [7, 11) is 0. The number of nitrogens with zero attached hydrogens (tertiary/aromatic N) is 1. The molecular formula is C19H19NO3. The maximum atomic E-state index is 12.2. The third kappa shape index (κ3) is 2.72. The molecule has 2 aromatic rings. The molecule has 1 aliphatic heterocycles. The Morgan fingerprint density at radius 3 is 2.48 bits per heavy atom. The molecule has 0 N–H and O–H groups in total. The van der Waals surface area contributed by atoms with Gasteiger partial charge >= 0.3 is 0 Å². The van der Waals surface area contributed by atoms with Crippen LogP contribution in [0, 0.1) is 20.8 Å². The molecule has 0 bridgehead atoms. The van der Waals surface area contributed by atoms with Crippen LogP contribution in [0.2, 0.25) is 0 Å². The first-order valence-electron chi connectivity index (χ1n) is 7.65. The summed E-state index contributed by atoms with van der Waals surface area (Å²) in [4.78, 5) is 25.7. The van der Waals surface area contributed by atoms with Crippen molar-refractivity contribution in [3.8, 4) is 5.75 Å². The van der Waals surface area contributed by atoms with E-state index in [1.165, 1.54) is 10.5 Å². The molecule has 0 atom stereocenters. The van der Waals surface area contributed by atoms with Gasteiger partial charge in [0.25, 0.3) is 11.7 Å². The van der Waals surface area contributed by atoms with Crippen molar-refractivity contribution in [1.82, 2.24) is 0 Å². The number of benzene rings is 2. The first-order valence-corrected chi connectivity index (χ1v) is 7.65. The summed E-state index contributed by atoms with van der Waals surface area (Å²) in [6, 6.07) is 11.3. The number of aryl methyl sites for hydroxylation is 3. The van der Waals surface area contributed by atoms with Gasteiger partial charge in [0.1, 0.15) is 12.4 Å². The number of para-hydroxylation sites is 1. The third-order valence-electron chi connectivity index (χ3n) is 4.25. The molecule has 118 valence electrons. The van der Waals surface area contributed by atoms with E-state index in [-0.39, 0.29) is 0 Å². The van der Waals surface area contributed by atoms with Gasteiger partial charge in [-0.1, -0.05) is 18.2 Å². The molecule has 0 radical (unpaired) electrons. The van der Waals surface area contributed by atoms with Crippen LogP contribution in [0.5, 0.6) is 5.75 Å². The largest absolute Gasteiger partial charge is 0.492 e. The Bertz CT molecular complexity index is 795. The minimum atomic E-state index is -0.474. The highest BCUT2D eigenvalue weighted by atomic mass is 16.5. The van der Waals surface area contributed by atoms with Gasteiger partial charge in [-0.25, -0.2) is 0 Å². The van der Waals surface area contributed by atoms with Crippen molar-refractivity contribution in [2.24, 2.45) is 0 Å². The summed E-state index contributed by atoms with van der Waals surface area (Å²) in [5.74, 6) is -0.135. The maximum absolute atomic E-state index is 12.2. The molecule has 0 saturated carbocycles. The number of carbonyl (C=O) groups is 2. The molecule has 0 fully saturated rings. The van der Waals surface area contributed by atoms with Crippen LogP contribution in [0.1, 0.15) is 27.0 Å². The lowest BCUT2D eigenvalue weighted by molar-refractivity contribution is -0.114. The summed E-state index contributed by atoms with van der Waals surface area (Å²) < 4.78 is 5.74. The van der Waals surface area contributed by atoms with Gasteiger partial charge in [-0.15, -0.1) is 0 Å². The van der Waals surface area contributed by atoms with E-state index >= 15 is 0 Å². The highest BCUT2D eigenvalue weighted by Crippen LogP contribution is 2.31. The Labute approximate surface area is 135 Å². The molecule has 1 heterocycles. The van der Waals surface area contributed by atoms with Crippen LogP contribution in [0.4, 0.5) is 5.69 Å². The predicted octanol–water partition coefficient (Wildman–Crippen LogP) is 3.22. The Balaban J connectivity index is 1.73. The van der Waals surface area contributed by atoms with Gasteiger partial charge in [-0.2, -0.15) is 0 Å². The lowest BCUT2D eigenvalue weighted by atomic mass is 10.1. The van der Waals surface area contributed by atoms with E-state index in [0.29, 0.717) is 24.4 Å². The fraction of sp³-hybridized carbons (Fsp3) is 0.263. The molecule has 4 heteroatoms. The normalized spacial score (nSPS) is 13.4. The first-order chi connectivity index (χ1) is 11.0. The monoisotopic (exact) mass is 309 g/mol. The van der Waals surface area contributed by atoms with Gasteiger partial charge in [0.15, 0.2) is 0 Å². The number of hydrogen-bond acceptors (Lipinski definition) is 3. The molecule has 23 heavy (non-hydrogen) atoms. The van der Waals surface area contributed by atoms with Crippen molar-refractivity contribution in [3.63, 3.8) is 0 Å². The molecule has 1 amide bonds. The molecule has 2 aromatic carbocycles. The fourth-order valence-electron chi connectivity index (χ4n) is 2.81. The summed E-state index contributed by atoms with van der Waals surface area (Å²) in [5.41, 5.74) is 4.50. The maximum Gasteiger partial charge on any atom is 0.299 e. The lowest BCUT2D eigenvalue weighted by Gasteiger charge is -2.18. The number of fused-ring (bicyclic) bond motifs is 1. The molecule has 0 spiro atoms. The van der Waals surface area contributed by atoms with Gasteiger partial charge in [0, 0.05) is 0 Å². The van der Waals surface area contributed by atoms with Crippen molar-refractivity contribution in [2.75, 3.05) is 18.1 Å². The summed E-state index contributed by atoms with van der Waals surface area (Å²) in [6.45, 7) is 6.68. The summed E-state index contributed by atoms with van der Waals surface area (Å²) in [6.07, 6.45) is 0. The predicted molar refractivity (Wildman–Crippen MR) is 89.3 cm³/mol. The highest BCUT2D eigenvalue weighted by molar-refractivity contribution is 6.52. The quantitative estimate of drug-likeness (QED) is 0.815.